The lowest BCUT2D eigenvalue weighted by atomic mass is 10.00. The van der Waals surface area contributed by atoms with Crippen LogP contribution in [-0.2, 0) is 0 Å². The number of nitrogens with zero attached hydrogens (tertiary/aromatic N) is 5. The second kappa shape index (κ2) is 11.8. The van der Waals surface area contributed by atoms with Crippen LogP contribution >= 0.6 is 0 Å². The molecule has 11 rings (SSSR count). The molecule has 0 atom stereocenters. The van der Waals surface area contributed by atoms with Crippen LogP contribution < -0.4 is 0 Å². The number of fused-ring (bicyclic) bond motifs is 9. The van der Waals surface area contributed by atoms with Gasteiger partial charge in [-0.15, -0.1) is 0 Å². The molecule has 8 aromatic carbocycles. The minimum Gasteiger partial charge on any atom is -0.309 e. The Labute approximate surface area is 316 Å². The third-order valence-corrected chi connectivity index (χ3v) is 11.1. The van der Waals surface area contributed by atoms with Crippen molar-refractivity contribution in [2.45, 2.75) is 0 Å². The van der Waals surface area contributed by atoms with Crippen LogP contribution in [0.25, 0.3) is 98.5 Å². The molecule has 0 fully saturated rings. The van der Waals surface area contributed by atoms with E-state index in [9.17, 15) is 5.26 Å². The third kappa shape index (κ3) is 4.33. The van der Waals surface area contributed by atoms with Gasteiger partial charge in [0.2, 0.25) is 0 Å². The van der Waals surface area contributed by atoms with E-state index in [1.807, 2.05) is 42.5 Å². The Hall–Kier alpha value is -7.86. The number of para-hydroxylation sites is 6. The number of hydrogen-bond acceptors (Lipinski definition) is 1. The fraction of sp³-hybridized carbons (Fsp3) is 0. The van der Waals surface area contributed by atoms with Crippen molar-refractivity contribution in [3.05, 3.63) is 193 Å². The van der Waals surface area contributed by atoms with Gasteiger partial charge in [0.05, 0.1) is 62.3 Å². The van der Waals surface area contributed by atoms with Crippen molar-refractivity contribution in [1.29, 1.82) is 5.26 Å². The quantitative estimate of drug-likeness (QED) is 0.169. The number of aromatic nitrogens is 3. The standard InChI is InChI=1S/C50H29N5/c1-52-33-28-29-46(40(30-33)37-18-5-10-24-44(37)55-43-23-9-4-17-36(43)38-20-12-14-32(31-51)50(38)55)54-45-25-11-6-19-39(45)49-47(26-13-27-48(49)54)53-41-21-7-2-15-34(41)35-16-3-8-22-42(35)53/h2-30H. The summed E-state index contributed by atoms with van der Waals surface area (Å²) in [4.78, 5) is 3.92. The van der Waals surface area contributed by atoms with Gasteiger partial charge < -0.3 is 13.7 Å². The first-order valence-electron chi connectivity index (χ1n) is 18.3. The van der Waals surface area contributed by atoms with Crippen LogP contribution in [0, 0.1) is 17.9 Å². The van der Waals surface area contributed by atoms with Crippen molar-refractivity contribution in [2.75, 3.05) is 0 Å². The molecule has 0 aliphatic carbocycles. The molecular formula is C50H29N5. The van der Waals surface area contributed by atoms with Gasteiger partial charge in [-0.05, 0) is 66.2 Å². The molecule has 0 N–H and O–H groups in total. The zero-order valence-electron chi connectivity index (χ0n) is 29.5. The molecule has 3 aromatic heterocycles. The minimum absolute atomic E-state index is 0.556. The molecule has 0 saturated carbocycles. The molecule has 0 aliphatic heterocycles. The van der Waals surface area contributed by atoms with E-state index in [-0.39, 0.29) is 0 Å². The molecule has 0 saturated heterocycles. The summed E-state index contributed by atoms with van der Waals surface area (Å²) in [7, 11) is 0. The van der Waals surface area contributed by atoms with Crippen LogP contribution in [0.2, 0.25) is 0 Å². The highest BCUT2D eigenvalue weighted by Gasteiger charge is 2.23. The van der Waals surface area contributed by atoms with Crippen LogP contribution in [0.15, 0.2) is 176 Å². The summed E-state index contributed by atoms with van der Waals surface area (Å²) in [5.41, 5.74) is 12.4. The molecule has 0 radical (unpaired) electrons. The molecular weight excluding hydrogens is 671 g/mol. The van der Waals surface area contributed by atoms with Crippen LogP contribution in [0.4, 0.5) is 5.69 Å². The summed E-state index contributed by atoms with van der Waals surface area (Å²) in [6.45, 7) is 8.09. The Morgan fingerprint density at radius 2 is 0.909 bits per heavy atom. The van der Waals surface area contributed by atoms with E-state index in [2.05, 4.69) is 158 Å². The van der Waals surface area contributed by atoms with Gasteiger partial charge >= 0.3 is 0 Å². The van der Waals surface area contributed by atoms with E-state index in [0.717, 1.165) is 82.8 Å². The molecule has 0 aliphatic rings. The van der Waals surface area contributed by atoms with E-state index < -0.39 is 0 Å². The molecule has 5 nitrogen and oxygen atoms in total. The highest BCUT2D eigenvalue weighted by Crippen LogP contribution is 2.44. The van der Waals surface area contributed by atoms with Gasteiger partial charge in [0.1, 0.15) is 6.07 Å². The Morgan fingerprint density at radius 1 is 0.418 bits per heavy atom. The number of benzene rings is 8. The summed E-state index contributed by atoms with van der Waals surface area (Å²) < 4.78 is 6.98. The van der Waals surface area contributed by atoms with Gasteiger partial charge in [-0.3, -0.25) is 0 Å². The second-order valence-corrected chi connectivity index (χ2v) is 13.9. The number of hydrogen-bond donors (Lipinski definition) is 0. The molecule has 0 bridgehead atoms. The van der Waals surface area contributed by atoms with E-state index in [1.165, 1.54) is 10.8 Å². The predicted molar refractivity (Wildman–Crippen MR) is 226 cm³/mol. The molecule has 0 amide bonds. The average molecular weight is 700 g/mol. The van der Waals surface area contributed by atoms with Crippen molar-refractivity contribution < 1.29 is 0 Å². The first-order valence-corrected chi connectivity index (χ1v) is 18.3. The van der Waals surface area contributed by atoms with E-state index >= 15 is 0 Å². The first-order chi connectivity index (χ1) is 27.2. The van der Waals surface area contributed by atoms with Crippen molar-refractivity contribution in [1.82, 2.24) is 13.7 Å². The van der Waals surface area contributed by atoms with Crippen LogP contribution in [-0.4, -0.2) is 13.7 Å². The largest absolute Gasteiger partial charge is 0.309 e. The highest BCUT2D eigenvalue weighted by atomic mass is 15.0. The maximum Gasteiger partial charge on any atom is 0.188 e. The number of rotatable bonds is 4. The van der Waals surface area contributed by atoms with Gasteiger partial charge in [0.15, 0.2) is 5.69 Å². The fourth-order valence-electron chi connectivity index (χ4n) is 8.89. The maximum atomic E-state index is 10.4. The van der Waals surface area contributed by atoms with Gasteiger partial charge in [0.25, 0.3) is 0 Å². The zero-order chi connectivity index (χ0) is 36.6. The summed E-state index contributed by atoms with van der Waals surface area (Å²) >= 11 is 0. The molecule has 5 heteroatoms. The molecule has 254 valence electrons. The monoisotopic (exact) mass is 699 g/mol. The normalized spacial score (nSPS) is 11.6. The molecule has 3 heterocycles. The van der Waals surface area contributed by atoms with Gasteiger partial charge in [-0.25, -0.2) is 4.85 Å². The lowest BCUT2D eigenvalue weighted by molar-refractivity contribution is 1.15. The average Bonchev–Trinajstić information content (AvgIpc) is 3.89. The van der Waals surface area contributed by atoms with E-state index in [0.29, 0.717) is 11.3 Å². The maximum absolute atomic E-state index is 10.4. The van der Waals surface area contributed by atoms with Crippen molar-refractivity contribution in [3.63, 3.8) is 0 Å². The zero-order valence-corrected chi connectivity index (χ0v) is 29.5. The summed E-state index contributed by atoms with van der Waals surface area (Å²) in [5.74, 6) is 0. The van der Waals surface area contributed by atoms with Gasteiger partial charge in [-0.1, -0.05) is 115 Å². The van der Waals surface area contributed by atoms with Crippen LogP contribution in [0.5, 0.6) is 0 Å². The summed E-state index contributed by atoms with van der Waals surface area (Å²) in [6, 6.07) is 63.6. The van der Waals surface area contributed by atoms with Crippen LogP contribution in [0.3, 0.4) is 0 Å². The van der Waals surface area contributed by atoms with Crippen molar-refractivity contribution >= 4 is 71.1 Å². The SMILES string of the molecule is [C-]#[N+]c1ccc(-n2c3ccccc3c3c(-n4c5ccccc5c5ccccc54)cccc32)c(-c2ccccc2-n2c3ccccc3c3cccc(C#N)c32)c1. The summed E-state index contributed by atoms with van der Waals surface area (Å²) in [5, 5.41) is 17.2. The molecule has 0 unspecified atom stereocenters. The van der Waals surface area contributed by atoms with Gasteiger partial charge in [-0.2, -0.15) is 5.26 Å². The molecule has 0 spiro atoms. The van der Waals surface area contributed by atoms with Crippen LogP contribution in [0.1, 0.15) is 5.56 Å². The van der Waals surface area contributed by atoms with E-state index in [1.54, 1.807) is 0 Å². The lowest BCUT2D eigenvalue weighted by Crippen LogP contribution is -2.02. The topological polar surface area (TPSA) is 42.9 Å². The summed E-state index contributed by atoms with van der Waals surface area (Å²) in [6.07, 6.45) is 0. The highest BCUT2D eigenvalue weighted by molar-refractivity contribution is 6.17. The van der Waals surface area contributed by atoms with E-state index in [4.69, 9.17) is 6.57 Å². The Kier molecular flexibility index (Phi) is 6.61. The van der Waals surface area contributed by atoms with Crippen molar-refractivity contribution in [2.24, 2.45) is 0 Å². The smallest absolute Gasteiger partial charge is 0.188 e. The number of nitriles is 1. The fourth-order valence-corrected chi connectivity index (χ4v) is 8.89. The van der Waals surface area contributed by atoms with Crippen molar-refractivity contribution in [3.8, 4) is 34.3 Å². The minimum atomic E-state index is 0.556. The second-order valence-electron chi connectivity index (χ2n) is 13.9. The lowest BCUT2D eigenvalue weighted by Gasteiger charge is -2.19. The first kappa shape index (κ1) is 30.7. The molecule has 11 aromatic rings. The predicted octanol–water partition coefficient (Wildman–Crippen LogP) is 13.1. The molecule has 55 heavy (non-hydrogen) atoms. The van der Waals surface area contributed by atoms with Gasteiger partial charge in [0, 0.05) is 37.9 Å². The Balaban J connectivity index is 1.24. The Morgan fingerprint density at radius 3 is 1.60 bits per heavy atom. The Bertz CT molecular complexity index is 3420. The third-order valence-electron chi connectivity index (χ3n) is 11.1.